The first-order valence-electron chi connectivity index (χ1n) is 8.41. The van der Waals surface area contributed by atoms with E-state index in [-0.39, 0.29) is 10.1 Å². The Morgan fingerprint density at radius 1 is 0.783 bits per heavy atom. The van der Waals surface area contributed by atoms with Crippen molar-refractivity contribution in [1.82, 2.24) is 0 Å². The number of alkyl halides is 2. The lowest BCUT2D eigenvalue weighted by Gasteiger charge is -2.19. The monoisotopic (exact) mass is 402 g/mol. The van der Waals surface area contributed by atoms with E-state index in [0.717, 1.165) is 25.7 Å². The van der Waals surface area contributed by atoms with Gasteiger partial charge >= 0.3 is 0 Å². The Bertz CT molecular complexity index is 430. The predicted octanol–water partition coefficient (Wildman–Crippen LogP) is 7.27. The van der Waals surface area contributed by atoms with Gasteiger partial charge in [0, 0.05) is 0 Å². The highest BCUT2D eigenvalue weighted by molar-refractivity contribution is 6.60. The molecular weight excluding hydrogens is 378 g/mol. The van der Waals surface area contributed by atoms with Crippen molar-refractivity contribution in [2.75, 3.05) is 13.2 Å². The van der Waals surface area contributed by atoms with Gasteiger partial charge < -0.3 is 9.47 Å². The Hall–Kier alpha value is 0.240. The third-order valence-corrected chi connectivity index (χ3v) is 5.49. The van der Waals surface area contributed by atoms with Gasteiger partial charge in [-0.1, -0.05) is 98.8 Å². The highest BCUT2D eigenvalue weighted by Gasteiger charge is 2.47. The van der Waals surface area contributed by atoms with Gasteiger partial charge in [0.05, 0.1) is 18.2 Å². The van der Waals surface area contributed by atoms with E-state index in [1.165, 1.54) is 25.7 Å². The maximum atomic E-state index is 6.30. The summed E-state index contributed by atoms with van der Waals surface area (Å²) < 4.78 is 10.1. The van der Waals surface area contributed by atoms with Crippen LogP contribution in [-0.4, -0.2) is 17.5 Å². The van der Waals surface area contributed by atoms with E-state index in [4.69, 9.17) is 55.9 Å². The maximum Gasteiger partial charge on any atom is 0.215 e. The molecule has 0 heterocycles. The van der Waals surface area contributed by atoms with Crippen LogP contribution in [0.1, 0.15) is 65.2 Å². The Labute approximate surface area is 160 Å². The number of allylic oxidation sites excluding steroid dienone is 2. The lowest BCUT2D eigenvalue weighted by atomic mass is 10.2. The van der Waals surface area contributed by atoms with Crippen LogP contribution in [0.25, 0.3) is 0 Å². The van der Waals surface area contributed by atoms with E-state index in [1.54, 1.807) is 0 Å². The second-order valence-corrected chi connectivity index (χ2v) is 7.76. The van der Waals surface area contributed by atoms with Crippen molar-refractivity contribution in [3.05, 3.63) is 21.6 Å². The fourth-order valence-electron chi connectivity index (χ4n) is 2.27. The van der Waals surface area contributed by atoms with Gasteiger partial charge in [-0.3, -0.25) is 0 Å². The third-order valence-electron chi connectivity index (χ3n) is 3.65. The molecule has 6 heteroatoms. The van der Waals surface area contributed by atoms with Gasteiger partial charge in [0.2, 0.25) is 4.33 Å². The molecule has 0 unspecified atom stereocenters. The lowest BCUT2D eigenvalue weighted by molar-refractivity contribution is 0.153. The number of unbranched alkanes of at least 4 members (excludes halogenated alkanes) is 6. The van der Waals surface area contributed by atoms with Crippen LogP contribution in [0.2, 0.25) is 0 Å². The summed E-state index contributed by atoms with van der Waals surface area (Å²) in [5.41, 5.74) is 0. The van der Waals surface area contributed by atoms with Crippen molar-refractivity contribution in [3.63, 3.8) is 0 Å². The van der Waals surface area contributed by atoms with Crippen molar-refractivity contribution >= 4 is 46.4 Å². The molecule has 1 aliphatic carbocycles. The number of halogens is 4. The Morgan fingerprint density at radius 2 is 1.30 bits per heavy atom. The average Bonchev–Trinajstić information content (AvgIpc) is 2.68. The summed E-state index contributed by atoms with van der Waals surface area (Å²) >= 11 is 25.0. The first-order valence-corrected chi connectivity index (χ1v) is 9.92. The van der Waals surface area contributed by atoms with Crippen LogP contribution in [0.15, 0.2) is 21.6 Å². The molecule has 0 radical (unpaired) electrons. The van der Waals surface area contributed by atoms with Gasteiger partial charge in [0.25, 0.3) is 0 Å². The molecule has 0 fully saturated rings. The quantitative estimate of drug-likeness (QED) is 0.252. The third kappa shape index (κ3) is 6.23. The molecule has 134 valence electrons. The van der Waals surface area contributed by atoms with E-state index in [0.29, 0.717) is 24.7 Å². The van der Waals surface area contributed by atoms with Crippen molar-refractivity contribution in [3.8, 4) is 0 Å². The number of rotatable bonds is 12. The zero-order valence-corrected chi connectivity index (χ0v) is 16.9. The van der Waals surface area contributed by atoms with Gasteiger partial charge in [0.1, 0.15) is 5.03 Å². The highest BCUT2D eigenvalue weighted by Crippen LogP contribution is 2.51. The van der Waals surface area contributed by atoms with Gasteiger partial charge in [-0.2, -0.15) is 0 Å². The molecule has 1 aliphatic rings. The van der Waals surface area contributed by atoms with E-state index >= 15 is 0 Å². The number of hydrogen-bond donors (Lipinski definition) is 0. The second-order valence-electron chi connectivity index (χ2n) is 5.68. The fourth-order valence-corrected chi connectivity index (χ4v) is 3.29. The van der Waals surface area contributed by atoms with E-state index < -0.39 is 4.33 Å². The topological polar surface area (TPSA) is 18.5 Å². The minimum Gasteiger partial charge on any atom is -0.490 e. The minimum atomic E-state index is -1.46. The molecule has 0 saturated carbocycles. The van der Waals surface area contributed by atoms with Gasteiger partial charge in [0.15, 0.2) is 11.5 Å². The van der Waals surface area contributed by atoms with Crippen LogP contribution < -0.4 is 0 Å². The molecule has 0 aromatic rings. The molecule has 2 nitrogen and oxygen atoms in total. The molecular formula is C17H26Cl4O2. The molecule has 0 spiro atoms. The van der Waals surface area contributed by atoms with Crippen LogP contribution >= 0.6 is 46.4 Å². The van der Waals surface area contributed by atoms with Crippen molar-refractivity contribution in [2.24, 2.45) is 0 Å². The normalized spacial score (nSPS) is 17.1. The maximum absolute atomic E-state index is 6.30. The van der Waals surface area contributed by atoms with Gasteiger partial charge in [-0.15, -0.1) is 0 Å². The largest absolute Gasteiger partial charge is 0.490 e. The standard InChI is InChI=1S/C17H26Cl4O2/c1-3-5-7-9-11-22-14-13(18)15(19)17(20,21)16(14)23-12-10-8-6-4-2/h3-12H2,1-2H3. The van der Waals surface area contributed by atoms with E-state index in [9.17, 15) is 0 Å². The molecule has 0 saturated heterocycles. The van der Waals surface area contributed by atoms with Crippen LogP contribution in [0.4, 0.5) is 0 Å². The highest BCUT2D eigenvalue weighted by atomic mass is 35.5. The summed E-state index contributed by atoms with van der Waals surface area (Å²) in [7, 11) is 0. The molecule has 0 bridgehead atoms. The molecule has 0 N–H and O–H groups in total. The molecule has 0 atom stereocenters. The SMILES string of the molecule is CCCCCCOC1=C(OCCCCCC)C(Cl)(Cl)C(Cl)=C1Cl. The first-order chi connectivity index (χ1) is 11.0. The summed E-state index contributed by atoms with van der Waals surface area (Å²) in [6.07, 6.45) is 8.79. The fraction of sp³-hybridized carbons (Fsp3) is 0.765. The van der Waals surface area contributed by atoms with Crippen molar-refractivity contribution in [2.45, 2.75) is 69.5 Å². The second kappa shape index (κ2) is 11.0. The van der Waals surface area contributed by atoms with E-state index in [2.05, 4.69) is 13.8 Å². The summed E-state index contributed by atoms with van der Waals surface area (Å²) in [5.74, 6) is 0.705. The van der Waals surface area contributed by atoms with Crippen LogP contribution in [0.3, 0.4) is 0 Å². The average molecular weight is 404 g/mol. The van der Waals surface area contributed by atoms with E-state index in [1.807, 2.05) is 0 Å². The van der Waals surface area contributed by atoms with Crippen molar-refractivity contribution in [1.29, 1.82) is 0 Å². The lowest BCUT2D eigenvalue weighted by Crippen LogP contribution is -2.17. The Balaban J connectivity index is 2.64. The molecule has 23 heavy (non-hydrogen) atoms. The van der Waals surface area contributed by atoms with Crippen molar-refractivity contribution < 1.29 is 9.47 Å². The molecule has 1 rings (SSSR count). The zero-order chi connectivity index (χ0) is 17.3. The summed E-state index contributed by atoms with van der Waals surface area (Å²) in [6, 6.07) is 0. The Morgan fingerprint density at radius 3 is 1.83 bits per heavy atom. The van der Waals surface area contributed by atoms with Crippen LogP contribution in [-0.2, 0) is 9.47 Å². The molecule has 0 amide bonds. The van der Waals surface area contributed by atoms with Gasteiger partial charge in [-0.25, -0.2) is 0 Å². The molecule has 0 aromatic carbocycles. The summed E-state index contributed by atoms with van der Waals surface area (Å²) in [5, 5.41) is 0.394. The smallest absolute Gasteiger partial charge is 0.215 e. The number of ether oxygens (including phenoxy) is 2. The van der Waals surface area contributed by atoms with Crippen LogP contribution in [0.5, 0.6) is 0 Å². The minimum absolute atomic E-state index is 0.148. The number of hydrogen-bond acceptors (Lipinski definition) is 2. The molecule has 0 aromatic heterocycles. The Kier molecular flexibility index (Phi) is 10.2. The predicted molar refractivity (Wildman–Crippen MR) is 100 cm³/mol. The summed E-state index contributed by atoms with van der Waals surface area (Å²) in [4.78, 5) is 0. The summed E-state index contributed by atoms with van der Waals surface area (Å²) in [6.45, 7) is 5.40. The first kappa shape index (κ1) is 21.3. The van der Waals surface area contributed by atoms with Crippen LogP contribution in [0, 0.1) is 0 Å². The zero-order valence-electron chi connectivity index (χ0n) is 13.9. The van der Waals surface area contributed by atoms with Gasteiger partial charge in [-0.05, 0) is 12.8 Å². The molecule has 0 aliphatic heterocycles.